The van der Waals surface area contributed by atoms with Gasteiger partial charge in [-0.25, -0.2) is 4.79 Å². The molecule has 1 aromatic heterocycles. The van der Waals surface area contributed by atoms with Crippen LogP contribution >= 0.6 is 0 Å². The zero-order valence-electron chi connectivity index (χ0n) is 9.06. The molecule has 3 nitrogen and oxygen atoms in total. The number of hydrogen-bond donors (Lipinski definition) is 0. The monoisotopic (exact) mass is 205 g/mol. The van der Waals surface area contributed by atoms with Crippen molar-refractivity contribution >= 4 is 5.97 Å². The minimum absolute atomic E-state index is 0.224. The SMILES string of the molecule is C=C[C@H](CC)OC(=O)c1cncc(C)c1. The zero-order chi connectivity index (χ0) is 11.3. The molecular weight excluding hydrogens is 190 g/mol. The van der Waals surface area contributed by atoms with Crippen LogP contribution in [0.5, 0.6) is 0 Å². The first-order chi connectivity index (χ1) is 7.17. The Morgan fingerprint density at radius 2 is 2.40 bits per heavy atom. The molecule has 1 rings (SSSR count). The lowest BCUT2D eigenvalue weighted by molar-refractivity contribution is 0.0388. The van der Waals surface area contributed by atoms with Gasteiger partial charge in [-0.05, 0) is 25.0 Å². The van der Waals surface area contributed by atoms with Gasteiger partial charge in [-0.3, -0.25) is 4.98 Å². The van der Waals surface area contributed by atoms with Crippen molar-refractivity contribution in [2.24, 2.45) is 0 Å². The molecule has 0 amide bonds. The summed E-state index contributed by atoms with van der Waals surface area (Å²) in [5, 5.41) is 0. The maximum atomic E-state index is 11.6. The molecule has 0 unspecified atom stereocenters. The summed E-state index contributed by atoms with van der Waals surface area (Å²) in [7, 11) is 0. The largest absolute Gasteiger partial charge is 0.455 e. The Kier molecular flexibility index (Phi) is 4.03. The van der Waals surface area contributed by atoms with Crippen molar-refractivity contribution < 1.29 is 9.53 Å². The Balaban J connectivity index is 2.72. The zero-order valence-corrected chi connectivity index (χ0v) is 9.06. The van der Waals surface area contributed by atoms with Crippen LogP contribution < -0.4 is 0 Å². The number of rotatable bonds is 4. The Labute approximate surface area is 89.8 Å². The fraction of sp³-hybridized carbons (Fsp3) is 0.333. The molecule has 0 saturated heterocycles. The van der Waals surface area contributed by atoms with Gasteiger partial charge in [0.15, 0.2) is 0 Å². The Bertz CT molecular complexity index is 360. The Morgan fingerprint density at radius 1 is 1.67 bits per heavy atom. The molecule has 0 aliphatic heterocycles. The molecule has 15 heavy (non-hydrogen) atoms. The van der Waals surface area contributed by atoms with E-state index >= 15 is 0 Å². The van der Waals surface area contributed by atoms with Crippen molar-refractivity contribution in [1.82, 2.24) is 4.98 Å². The predicted octanol–water partition coefficient (Wildman–Crippen LogP) is 2.51. The molecular formula is C12H15NO2. The quantitative estimate of drug-likeness (QED) is 0.560. The number of hydrogen-bond acceptors (Lipinski definition) is 3. The third kappa shape index (κ3) is 3.20. The molecule has 0 spiro atoms. The van der Waals surface area contributed by atoms with Gasteiger partial charge in [0.1, 0.15) is 6.10 Å². The first kappa shape index (κ1) is 11.4. The van der Waals surface area contributed by atoms with Crippen LogP contribution in [0.15, 0.2) is 31.1 Å². The van der Waals surface area contributed by atoms with Crippen molar-refractivity contribution in [2.75, 3.05) is 0 Å². The molecule has 1 heterocycles. The van der Waals surface area contributed by atoms with Crippen molar-refractivity contribution in [3.05, 3.63) is 42.2 Å². The molecule has 1 atom stereocenters. The molecule has 0 fully saturated rings. The average Bonchev–Trinajstić information content (AvgIpc) is 2.25. The molecule has 0 bridgehead atoms. The van der Waals surface area contributed by atoms with Crippen LogP contribution in [0.4, 0.5) is 0 Å². The van der Waals surface area contributed by atoms with Crippen LogP contribution in [0.25, 0.3) is 0 Å². The first-order valence-electron chi connectivity index (χ1n) is 4.92. The fourth-order valence-electron chi connectivity index (χ4n) is 1.17. The molecule has 0 aliphatic carbocycles. The standard InChI is InChI=1S/C12H15NO2/c1-4-11(5-2)15-12(14)10-6-9(3)7-13-8-10/h4,6-8,11H,1,5H2,2-3H3/t11-/m1/s1. The van der Waals surface area contributed by atoms with Gasteiger partial charge in [0.25, 0.3) is 0 Å². The second-order valence-corrected chi connectivity index (χ2v) is 3.34. The molecule has 3 heteroatoms. The highest BCUT2D eigenvalue weighted by Crippen LogP contribution is 2.07. The number of ether oxygens (including phenoxy) is 1. The van der Waals surface area contributed by atoms with Crippen molar-refractivity contribution in [2.45, 2.75) is 26.4 Å². The van der Waals surface area contributed by atoms with Crippen molar-refractivity contribution in [3.63, 3.8) is 0 Å². The summed E-state index contributed by atoms with van der Waals surface area (Å²) in [6.45, 7) is 7.43. The topological polar surface area (TPSA) is 39.2 Å². The van der Waals surface area contributed by atoms with Gasteiger partial charge in [-0.2, -0.15) is 0 Å². The highest BCUT2D eigenvalue weighted by molar-refractivity contribution is 5.89. The van der Waals surface area contributed by atoms with Crippen LogP contribution in [0.2, 0.25) is 0 Å². The van der Waals surface area contributed by atoms with E-state index < -0.39 is 0 Å². The van der Waals surface area contributed by atoms with E-state index in [4.69, 9.17) is 4.74 Å². The molecule has 80 valence electrons. The molecule has 0 radical (unpaired) electrons. The summed E-state index contributed by atoms with van der Waals surface area (Å²) in [6.07, 6.45) is 5.33. The summed E-state index contributed by atoms with van der Waals surface area (Å²) in [5.74, 6) is -0.349. The van der Waals surface area contributed by atoms with Gasteiger partial charge in [0, 0.05) is 12.4 Å². The third-order valence-electron chi connectivity index (χ3n) is 2.03. The van der Waals surface area contributed by atoms with Gasteiger partial charge >= 0.3 is 5.97 Å². The summed E-state index contributed by atoms with van der Waals surface area (Å²) in [5.41, 5.74) is 1.42. The van der Waals surface area contributed by atoms with E-state index in [1.165, 1.54) is 6.20 Å². The number of carbonyl (C=O) groups is 1. The van der Waals surface area contributed by atoms with Gasteiger partial charge in [0.2, 0.25) is 0 Å². The van der Waals surface area contributed by atoms with Gasteiger partial charge in [-0.1, -0.05) is 19.6 Å². The minimum Gasteiger partial charge on any atom is -0.455 e. The predicted molar refractivity (Wildman–Crippen MR) is 58.7 cm³/mol. The fourth-order valence-corrected chi connectivity index (χ4v) is 1.17. The second-order valence-electron chi connectivity index (χ2n) is 3.34. The second kappa shape index (κ2) is 5.29. The number of carbonyl (C=O) groups excluding carboxylic acids is 1. The van der Waals surface area contributed by atoms with E-state index in [-0.39, 0.29) is 12.1 Å². The van der Waals surface area contributed by atoms with Gasteiger partial charge < -0.3 is 4.74 Å². The third-order valence-corrected chi connectivity index (χ3v) is 2.03. The van der Waals surface area contributed by atoms with Gasteiger partial charge in [-0.15, -0.1) is 0 Å². The highest BCUT2D eigenvalue weighted by atomic mass is 16.5. The molecule has 0 saturated carbocycles. The summed E-state index contributed by atoms with van der Waals surface area (Å²) in [4.78, 5) is 15.6. The van der Waals surface area contributed by atoms with E-state index in [9.17, 15) is 4.79 Å². The maximum Gasteiger partial charge on any atom is 0.340 e. The van der Waals surface area contributed by atoms with Crippen molar-refractivity contribution in [3.8, 4) is 0 Å². The number of esters is 1. The van der Waals surface area contributed by atoms with Gasteiger partial charge in [0.05, 0.1) is 5.56 Å². The summed E-state index contributed by atoms with van der Waals surface area (Å²) in [6, 6.07) is 1.76. The number of aromatic nitrogens is 1. The number of pyridine rings is 1. The van der Waals surface area contributed by atoms with E-state index in [2.05, 4.69) is 11.6 Å². The van der Waals surface area contributed by atoms with Crippen LogP contribution in [-0.2, 0) is 4.74 Å². The maximum absolute atomic E-state index is 11.6. The molecule has 0 aromatic carbocycles. The number of aryl methyl sites for hydroxylation is 1. The lowest BCUT2D eigenvalue weighted by atomic mass is 10.2. The van der Waals surface area contributed by atoms with Crippen LogP contribution in [-0.4, -0.2) is 17.1 Å². The molecule has 1 aromatic rings. The lowest BCUT2D eigenvalue weighted by Gasteiger charge is -2.11. The number of nitrogens with zero attached hydrogens (tertiary/aromatic N) is 1. The van der Waals surface area contributed by atoms with Crippen molar-refractivity contribution in [1.29, 1.82) is 0 Å². The van der Waals surface area contributed by atoms with E-state index in [1.54, 1.807) is 18.3 Å². The van der Waals surface area contributed by atoms with Crippen LogP contribution in [0.3, 0.4) is 0 Å². The Morgan fingerprint density at radius 3 is 2.93 bits per heavy atom. The highest BCUT2D eigenvalue weighted by Gasteiger charge is 2.11. The Hall–Kier alpha value is -1.64. The summed E-state index contributed by atoms with van der Waals surface area (Å²) < 4.78 is 5.19. The van der Waals surface area contributed by atoms with Crippen LogP contribution in [0.1, 0.15) is 29.3 Å². The van der Waals surface area contributed by atoms with E-state index in [0.717, 1.165) is 12.0 Å². The van der Waals surface area contributed by atoms with E-state index in [1.807, 2.05) is 13.8 Å². The smallest absolute Gasteiger partial charge is 0.340 e. The first-order valence-corrected chi connectivity index (χ1v) is 4.92. The van der Waals surface area contributed by atoms with E-state index in [0.29, 0.717) is 5.56 Å². The van der Waals surface area contributed by atoms with Crippen LogP contribution in [0, 0.1) is 6.92 Å². The molecule has 0 N–H and O–H groups in total. The normalized spacial score (nSPS) is 11.9. The minimum atomic E-state index is -0.349. The molecule has 0 aliphatic rings. The average molecular weight is 205 g/mol. The summed E-state index contributed by atoms with van der Waals surface area (Å²) >= 11 is 0. The lowest BCUT2D eigenvalue weighted by Crippen LogP contribution is -2.15.